The second kappa shape index (κ2) is 10.4. The van der Waals surface area contributed by atoms with E-state index in [2.05, 4.69) is 10.3 Å². The zero-order chi connectivity index (χ0) is 27.7. The zero-order valence-corrected chi connectivity index (χ0v) is 21.4. The molecular formula is C26H23F3N4O4S. The van der Waals surface area contributed by atoms with Gasteiger partial charge in [-0.05, 0) is 91.8 Å². The van der Waals surface area contributed by atoms with Gasteiger partial charge in [-0.1, -0.05) is 0 Å². The number of nitrogens with zero attached hydrogens (tertiary/aromatic N) is 3. The van der Waals surface area contributed by atoms with Gasteiger partial charge >= 0.3 is 11.5 Å². The van der Waals surface area contributed by atoms with Crippen LogP contribution in [0.2, 0.25) is 0 Å². The zero-order valence-electron chi connectivity index (χ0n) is 20.6. The first-order chi connectivity index (χ1) is 17.9. The van der Waals surface area contributed by atoms with Crippen LogP contribution in [0.4, 0.5) is 29.5 Å². The summed E-state index contributed by atoms with van der Waals surface area (Å²) in [6, 6.07) is 14.2. The summed E-state index contributed by atoms with van der Waals surface area (Å²) in [4.78, 5) is 45.5. The number of carbonyl (C=O) groups excluding carboxylic acids is 3. The van der Waals surface area contributed by atoms with E-state index in [9.17, 15) is 27.6 Å². The van der Waals surface area contributed by atoms with Crippen LogP contribution in [0.1, 0.15) is 29.8 Å². The summed E-state index contributed by atoms with van der Waals surface area (Å²) in [6.07, 6.45) is 1.48. The Morgan fingerprint density at radius 3 is 2.32 bits per heavy atom. The van der Waals surface area contributed by atoms with Crippen LogP contribution in [0.3, 0.4) is 0 Å². The van der Waals surface area contributed by atoms with Crippen molar-refractivity contribution in [1.29, 1.82) is 0 Å². The molecule has 1 aliphatic rings. The van der Waals surface area contributed by atoms with Crippen LogP contribution >= 0.6 is 11.8 Å². The molecule has 0 bridgehead atoms. The van der Waals surface area contributed by atoms with Crippen molar-refractivity contribution in [2.24, 2.45) is 0 Å². The topological polar surface area (TPSA) is 91.8 Å². The Labute approximate surface area is 220 Å². The number of thioether (sulfide) groups is 1. The monoisotopic (exact) mass is 544 g/mol. The number of hydrogen-bond acceptors (Lipinski definition) is 6. The van der Waals surface area contributed by atoms with Gasteiger partial charge in [0.2, 0.25) is 0 Å². The highest BCUT2D eigenvalue weighted by molar-refractivity contribution is 8.00. The maximum Gasteiger partial charge on any atom is 0.446 e. The average Bonchev–Trinajstić information content (AvgIpc) is 3.03. The molecule has 0 saturated carbocycles. The highest BCUT2D eigenvalue weighted by Gasteiger charge is 2.51. The molecule has 8 nitrogen and oxygen atoms in total. The molecule has 0 spiro atoms. The average molecular weight is 545 g/mol. The molecule has 4 amide bonds. The number of imide groups is 1. The van der Waals surface area contributed by atoms with E-state index in [1.165, 1.54) is 42.5 Å². The molecule has 0 atom stereocenters. The van der Waals surface area contributed by atoms with E-state index < -0.39 is 23.0 Å². The number of carbonyl (C=O) groups is 3. The predicted molar refractivity (Wildman–Crippen MR) is 136 cm³/mol. The number of aromatic nitrogens is 1. The number of hydrogen-bond donors (Lipinski definition) is 1. The summed E-state index contributed by atoms with van der Waals surface area (Å²) in [5.41, 5.74) is -4.50. The SMILES string of the molecule is COc1ccc(C(=O)Nc2cc(CN3C(=O)N(c4ccc(SC(F)(F)F)cc4)C(=O)C3(C)C)ccn2)cc1. The Hall–Kier alpha value is -4.06. The molecular weight excluding hydrogens is 521 g/mol. The number of anilines is 2. The van der Waals surface area contributed by atoms with Crippen molar-refractivity contribution >= 4 is 41.1 Å². The number of pyridine rings is 1. The molecule has 4 rings (SSSR count). The van der Waals surface area contributed by atoms with Crippen LogP contribution in [-0.4, -0.2) is 45.9 Å². The van der Waals surface area contributed by atoms with Gasteiger partial charge in [0, 0.05) is 23.2 Å². The number of methoxy groups -OCH3 is 1. The summed E-state index contributed by atoms with van der Waals surface area (Å²) in [5.74, 6) is -0.0304. The molecule has 12 heteroatoms. The van der Waals surface area contributed by atoms with E-state index in [0.29, 0.717) is 16.9 Å². The van der Waals surface area contributed by atoms with Crippen molar-refractivity contribution < 1.29 is 32.3 Å². The molecule has 1 saturated heterocycles. The Bertz CT molecular complexity index is 1360. The van der Waals surface area contributed by atoms with Gasteiger partial charge in [0.25, 0.3) is 11.8 Å². The number of rotatable bonds is 7. The van der Waals surface area contributed by atoms with Crippen molar-refractivity contribution in [1.82, 2.24) is 9.88 Å². The molecule has 38 heavy (non-hydrogen) atoms. The third kappa shape index (κ3) is 5.75. The van der Waals surface area contributed by atoms with E-state index in [-0.39, 0.29) is 40.6 Å². The van der Waals surface area contributed by atoms with Crippen molar-refractivity contribution in [2.45, 2.75) is 36.3 Å². The minimum absolute atomic E-state index is 0.0318. The normalized spacial score (nSPS) is 15.1. The predicted octanol–water partition coefficient (Wildman–Crippen LogP) is 5.70. The van der Waals surface area contributed by atoms with Gasteiger partial charge in [0.15, 0.2) is 0 Å². The molecule has 0 radical (unpaired) electrons. The number of halogens is 3. The highest BCUT2D eigenvalue weighted by Crippen LogP contribution is 2.39. The number of alkyl halides is 3. The molecule has 2 aromatic carbocycles. The van der Waals surface area contributed by atoms with Gasteiger partial charge in [0.1, 0.15) is 17.1 Å². The largest absolute Gasteiger partial charge is 0.497 e. The van der Waals surface area contributed by atoms with E-state index >= 15 is 0 Å². The molecule has 1 aromatic heterocycles. The van der Waals surface area contributed by atoms with E-state index in [0.717, 1.165) is 4.90 Å². The minimum atomic E-state index is -4.45. The standard InChI is InChI=1S/C26H23F3N4O4S/c1-25(2)23(35)33(18-6-10-20(11-7-18)38-26(27,28)29)24(36)32(25)15-16-12-13-30-21(14-16)31-22(34)17-4-8-19(37-3)9-5-17/h4-14H,15H2,1-3H3,(H,30,31,34). The summed E-state index contributed by atoms with van der Waals surface area (Å²) >= 11 is -0.279. The van der Waals surface area contributed by atoms with E-state index in [1.54, 1.807) is 50.2 Å². The van der Waals surface area contributed by atoms with Crippen molar-refractivity contribution in [2.75, 3.05) is 17.3 Å². The lowest BCUT2D eigenvalue weighted by Crippen LogP contribution is -2.43. The molecule has 3 aromatic rings. The fourth-order valence-corrected chi connectivity index (χ4v) is 4.42. The van der Waals surface area contributed by atoms with Crippen LogP contribution < -0.4 is 15.0 Å². The molecule has 1 fully saturated rings. The first-order valence-corrected chi connectivity index (χ1v) is 12.1. The first-order valence-electron chi connectivity index (χ1n) is 11.3. The molecule has 0 aliphatic carbocycles. The summed E-state index contributed by atoms with van der Waals surface area (Å²) in [6.45, 7) is 3.22. The van der Waals surface area contributed by atoms with Gasteiger partial charge < -0.3 is 15.0 Å². The summed E-state index contributed by atoms with van der Waals surface area (Å²) < 4.78 is 43.0. The van der Waals surface area contributed by atoms with Gasteiger partial charge in [0.05, 0.1) is 12.8 Å². The smallest absolute Gasteiger partial charge is 0.446 e. The molecule has 1 N–H and O–H groups in total. The fraction of sp³-hybridized carbons (Fsp3) is 0.231. The molecule has 2 heterocycles. The van der Waals surface area contributed by atoms with Crippen molar-refractivity contribution in [3.63, 3.8) is 0 Å². The summed E-state index contributed by atoms with van der Waals surface area (Å²) in [7, 11) is 1.52. The minimum Gasteiger partial charge on any atom is -0.497 e. The van der Waals surface area contributed by atoms with Crippen LogP contribution in [0.25, 0.3) is 0 Å². The fourth-order valence-electron chi connectivity index (χ4n) is 3.88. The number of benzene rings is 2. The second-order valence-electron chi connectivity index (χ2n) is 8.84. The van der Waals surface area contributed by atoms with Gasteiger partial charge in [-0.15, -0.1) is 0 Å². The van der Waals surface area contributed by atoms with Crippen molar-refractivity contribution in [3.8, 4) is 5.75 Å². The van der Waals surface area contributed by atoms with Gasteiger partial charge in [-0.2, -0.15) is 13.2 Å². The number of ether oxygens (including phenoxy) is 1. The third-order valence-electron chi connectivity index (χ3n) is 5.91. The highest BCUT2D eigenvalue weighted by atomic mass is 32.2. The quantitative estimate of drug-likeness (QED) is 0.303. The number of urea groups is 1. The summed E-state index contributed by atoms with van der Waals surface area (Å²) in [5, 5.41) is 2.70. The van der Waals surface area contributed by atoms with Crippen LogP contribution in [-0.2, 0) is 11.3 Å². The Balaban J connectivity index is 1.50. The number of amides is 4. The Morgan fingerprint density at radius 2 is 1.71 bits per heavy atom. The van der Waals surface area contributed by atoms with Crippen molar-refractivity contribution in [3.05, 3.63) is 78.0 Å². The maximum absolute atomic E-state index is 13.3. The number of nitrogens with one attached hydrogen (secondary N) is 1. The lowest BCUT2D eigenvalue weighted by atomic mass is 10.0. The lowest BCUT2D eigenvalue weighted by molar-refractivity contribution is -0.123. The maximum atomic E-state index is 13.3. The molecule has 198 valence electrons. The van der Waals surface area contributed by atoms with Crippen LogP contribution in [0, 0.1) is 0 Å². The van der Waals surface area contributed by atoms with Gasteiger partial charge in [-0.25, -0.2) is 14.7 Å². The first kappa shape index (κ1) is 27.0. The lowest BCUT2D eigenvalue weighted by Gasteiger charge is -2.27. The Morgan fingerprint density at radius 1 is 1.05 bits per heavy atom. The van der Waals surface area contributed by atoms with Crippen LogP contribution in [0.15, 0.2) is 71.8 Å². The van der Waals surface area contributed by atoms with E-state index in [4.69, 9.17) is 4.74 Å². The van der Waals surface area contributed by atoms with E-state index in [1.807, 2.05) is 0 Å². The third-order valence-corrected chi connectivity index (χ3v) is 6.65. The Kier molecular flexibility index (Phi) is 7.36. The van der Waals surface area contributed by atoms with Gasteiger partial charge in [-0.3, -0.25) is 9.59 Å². The second-order valence-corrected chi connectivity index (χ2v) is 9.98. The molecule has 1 aliphatic heterocycles. The van der Waals surface area contributed by atoms with Crippen LogP contribution in [0.5, 0.6) is 5.75 Å². The molecule has 0 unspecified atom stereocenters.